The van der Waals surface area contributed by atoms with Crippen LogP contribution in [0.1, 0.15) is 31.9 Å². The van der Waals surface area contributed by atoms with Crippen molar-refractivity contribution in [1.82, 2.24) is 4.90 Å². The summed E-state index contributed by atoms with van der Waals surface area (Å²) in [6.07, 6.45) is -0.913. The summed E-state index contributed by atoms with van der Waals surface area (Å²) in [6.45, 7) is 6.44. The maximum Gasteiger partial charge on any atom is 0.408 e. The summed E-state index contributed by atoms with van der Waals surface area (Å²) in [5.41, 5.74) is 7.18. The Labute approximate surface area is 102 Å². The van der Waals surface area contributed by atoms with Crippen LogP contribution < -0.4 is 5.73 Å². The molecule has 1 rings (SSSR count). The molecule has 3 N–H and O–H groups in total. The highest BCUT2D eigenvalue weighted by Gasteiger charge is 2.26. The normalized spacial score (nSPS) is 11.3. The molecule has 0 saturated heterocycles. The molecule has 0 atom stereocenters. The number of nitrogens with two attached hydrogens (primary N) is 1. The van der Waals surface area contributed by atoms with Crippen molar-refractivity contribution in [3.63, 3.8) is 0 Å². The first-order valence-electron chi connectivity index (χ1n) is 5.63. The van der Waals surface area contributed by atoms with Gasteiger partial charge in [-0.25, -0.2) is 4.79 Å². The second kappa shape index (κ2) is 5.19. The molecule has 0 aliphatic carbocycles. The zero-order chi connectivity index (χ0) is 13.1. The van der Waals surface area contributed by atoms with E-state index in [0.29, 0.717) is 13.1 Å². The fourth-order valence-corrected chi connectivity index (χ4v) is 1.67. The average molecular weight is 236 g/mol. The Morgan fingerprint density at radius 2 is 1.82 bits per heavy atom. The Morgan fingerprint density at radius 3 is 2.24 bits per heavy atom. The molecule has 1 aromatic rings. The molecule has 0 spiro atoms. The molecule has 94 valence electrons. The second-order valence-electron chi connectivity index (χ2n) is 5.01. The van der Waals surface area contributed by atoms with Crippen LogP contribution >= 0.6 is 0 Å². The van der Waals surface area contributed by atoms with Crippen molar-refractivity contribution in [2.75, 3.05) is 0 Å². The van der Waals surface area contributed by atoms with Crippen molar-refractivity contribution in [2.45, 2.75) is 39.4 Å². The van der Waals surface area contributed by atoms with Gasteiger partial charge in [0.25, 0.3) is 0 Å². The molecule has 0 aliphatic rings. The summed E-state index contributed by atoms with van der Waals surface area (Å²) >= 11 is 0. The molecular weight excluding hydrogens is 216 g/mol. The van der Waals surface area contributed by atoms with Crippen molar-refractivity contribution >= 4 is 6.09 Å². The third-order valence-electron chi connectivity index (χ3n) is 2.71. The fourth-order valence-electron chi connectivity index (χ4n) is 1.67. The largest absolute Gasteiger partial charge is 0.465 e. The first-order chi connectivity index (χ1) is 7.86. The van der Waals surface area contributed by atoms with Crippen LogP contribution in [-0.2, 0) is 13.1 Å². The molecule has 1 amide bonds. The molecule has 4 nitrogen and oxygen atoms in total. The van der Waals surface area contributed by atoms with Crippen LogP contribution in [0.4, 0.5) is 4.79 Å². The van der Waals surface area contributed by atoms with Gasteiger partial charge in [0.1, 0.15) is 0 Å². The monoisotopic (exact) mass is 236 g/mol. The third kappa shape index (κ3) is 3.46. The molecule has 4 heteroatoms. The smallest absolute Gasteiger partial charge is 0.408 e. The van der Waals surface area contributed by atoms with Gasteiger partial charge < -0.3 is 10.8 Å². The summed E-state index contributed by atoms with van der Waals surface area (Å²) in [5, 5.41) is 9.23. The van der Waals surface area contributed by atoms with E-state index in [0.717, 1.165) is 11.1 Å². The number of carbonyl (C=O) groups is 1. The molecule has 0 aliphatic heterocycles. The SMILES string of the molecule is CC(C)(C)N(Cc1ccccc1CN)C(=O)O. The lowest BCUT2D eigenvalue weighted by atomic mass is 10.0. The van der Waals surface area contributed by atoms with Crippen molar-refractivity contribution in [3.05, 3.63) is 35.4 Å². The number of hydrogen-bond acceptors (Lipinski definition) is 2. The first-order valence-corrected chi connectivity index (χ1v) is 5.63. The number of amides is 1. The van der Waals surface area contributed by atoms with Crippen LogP contribution in [0.15, 0.2) is 24.3 Å². The third-order valence-corrected chi connectivity index (χ3v) is 2.71. The molecule has 0 fully saturated rings. The number of rotatable bonds is 3. The van der Waals surface area contributed by atoms with Gasteiger partial charge in [0.05, 0.1) is 0 Å². The highest BCUT2D eigenvalue weighted by Crippen LogP contribution is 2.19. The Bertz CT molecular complexity index is 397. The molecule has 0 heterocycles. The van der Waals surface area contributed by atoms with E-state index < -0.39 is 11.6 Å². The minimum atomic E-state index is -0.913. The van der Waals surface area contributed by atoms with E-state index >= 15 is 0 Å². The van der Waals surface area contributed by atoms with E-state index in [-0.39, 0.29) is 0 Å². The minimum Gasteiger partial charge on any atom is -0.465 e. The lowest BCUT2D eigenvalue weighted by molar-refractivity contribution is 0.0954. The van der Waals surface area contributed by atoms with E-state index in [4.69, 9.17) is 5.73 Å². The highest BCUT2D eigenvalue weighted by atomic mass is 16.4. The predicted molar refractivity (Wildman–Crippen MR) is 67.7 cm³/mol. The van der Waals surface area contributed by atoms with Crippen molar-refractivity contribution < 1.29 is 9.90 Å². The van der Waals surface area contributed by atoms with Crippen molar-refractivity contribution in [3.8, 4) is 0 Å². The molecule has 1 aromatic carbocycles. The standard InChI is InChI=1S/C13H20N2O2/c1-13(2,3)15(12(16)17)9-11-7-5-4-6-10(11)8-14/h4-7H,8-9,14H2,1-3H3,(H,16,17). The summed E-state index contributed by atoms with van der Waals surface area (Å²) in [7, 11) is 0. The maximum absolute atomic E-state index is 11.2. The maximum atomic E-state index is 11.2. The molecule has 0 saturated carbocycles. The molecule has 0 radical (unpaired) electrons. The first kappa shape index (κ1) is 13.5. The Balaban J connectivity index is 2.98. The number of benzene rings is 1. The van der Waals surface area contributed by atoms with Gasteiger partial charge in [-0.15, -0.1) is 0 Å². The summed E-state index contributed by atoms with van der Waals surface area (Å²) < 4.78 is 0. The zero-order valence-corrected chi connectivity index (χ0v) is 10.6. The van der Waals surface area contributed by atoms with Crippen LogP contribution in [-0.4, -0.2) is 21.6 Å². The Hall–Kier alpha value is -1.55. The average Bonchev–Trinajstić information content (AvgIpc) is 2.24. The number of carboxylic acid groups (broad SMARTS) is 1. The summed E-state index contributed by atoms with van der Waals surface area (Å²) in [5.74, 6) is 0. The minimum absolute atomic E-state index is 0.367. The lowest BCUT2D eigenvalue weighted by Crippen LogP contribution is -2.44. The van der Waals surface area contributed by atoms with E-state index in [1.807, 2.05) is 45.0 Å². The van der Waals surface area contributed by atoms with E-state index in [2.05, 4.69) is 0 Å². The van der Waals surface area contributed by atoms with Gasteiger partial charge in [0.15, 0.2) is 0 Å². The van der Waals surface area contributed by atoms with Crippen molar-refractivity contribution in [2.24, 2.45) is 5.73 Å². The van der Waals surface area contributed by atoms with Gasteiger partial charge in [-0.3, -0.25) is 4.90 Å². The highest BCUT2D eigenvalue weighted by molar-refractivity contribution is 5.66. The molecule has 17 heavy (non-hydrogen) atoms. The van der Waals surface area contributed by atoms with Crippen LogP contribution in [0, 0.1) is 0 Å². The Kier molecular flexibility index (Phi) is 4.12. The topological polar surface area (TPSA) is 66.6 Å². The number of hydrogen-bond donors (Lipinski definition) is 2. The quantitative estimate of drug-likeness (QED) is 0.847. The van der Waals surface area contributed by atoms with Crippen LogP contribution in [0.25, 0.3) is 0 Å². The van der Waals surface area contributed by atoms with Crippen LogP contribution in [0.5, 0.6) is 0 Å². The van der Waals surface area contributed by atoms with Gasteiger partial charge >= 0.3 is 6.09 Å². The molecule has 0 aromatic heterocycles. The predicted octanol–water partition coefficient (Wildman–Crippen LogP) is 2.42. The van der Waals surface area contributed by atoms with Gasteiger partial charge in [-0.1, -0.05) is 24.3 Å². The Morgan fingerprint density at radius 1 is 1.29 bits per heavy atom. The lowest BCUT2D eigenvalue weighted by Gasteiger charge is -2.33. The zero-order valence-electron chi connectivity index (χ0n) is 10.6. The van der Waals surface area contributed by atoms with E-state index in [9.17, 15) is 9.90 Å². The van der Waals surface area contributed by atoms with Gasteiger partial charge in [0, 0.05) is 18.6 Å². The fraction of sp³-hybridized carbons (Fsp3) is 0.462. The van der Waals surface area contributed by atoms with E-state index in [1.165, 1.54) is 4.90 Å². The van der Waals surface area contributed by atoms with Crippen molar-refractivity contribution in [1.29, 1.82) is 0 Å². The van der Waals surface area contributed by atoms with E-state index in [1.54, 1.807) is 0 Å². The molecular formula is C13H20N2O2. The van der Waals surface area contributed by atoms with Gasteiger partial charge in [-0.05, 0) is 31.9 Å². The van der Waals surface area contributed by atoms with Crippen LogP contribution in [0.3, 0.4) is 0 Å². The van der Waals surface area contributed by atoms with Gasteiger partial charge in [-0.2, -0.15) is 0 Å². The summed E-state index contributed by atoms with van der Waals surface area (Å²) in [6, 6.07) is 7.66. The molecule has 0 unspecified atom stereocenters. The summed E-state index contributed by atoms with van der Waals surface area (Å²) in [4.78, 5) is 12.7. The second-order valence-corrected chi connectivity index (χ2v) is 5.01. The van der Waals surface area contributed by atoms with Crippen LogP contribution in [0.2, 0.25) is 0 Å². The van der Waals surface area contributed by atoms with Gasteiger partial charge in [0.2, 0.25) is 0 Å². The molecule has 0 bridgehead atoms. The number of nitrogens with zero attached hydrogens (tertiary/aromatic N) is 1.